The summed E-state index contributed by atoms with van der Waals surface area (Å²) in [5, 5.41) is 22.5. The van der Waals surface area contributed by atoms with E-state index in [-0.39, 0.29) is 19.4 Å². The average molecular weight is 415 g/mol. The molecule has 0 aromatic rings. The van der Waals surface area contributed by atoms with E-state index in [1.807, 2.05) is 0 Å². The molecule has 1 aliphatic rings. The molecule has 0 aromatic carbocycles. The van der Waals surface area contributed by atoms with Gasteiger partial charge in [-0.2, -0.15) is 0 Å². The Bertz CT molecular complexity index is 682. The maximum Gasteiger partial charge on any atom is 0.326 e. The predicted molar refractivity (Wildman–Crippen MR) is 96.0 cm³/mol. The Hall–Kier alpha value is -3.22. The van der Waals surface area contributed by atoms with E-state index in [1.54, 1.807) is 0 Å². The van der Waals surface area contributed by atoms with Crippen LogP contribution >= 0.6 is 0 Å². The third-order valence-electron chi connectivity index (χ3n) is 4.32. The second-order valence-electron chi connectivity index (χ2n) is 6.52. The number of rotatable bonds is 11. The number of primary amides is 1. The van der Waals surface area contributed by atoms with Crippen LogP contribution in [-0.2, 0) is 28.8 Å². The van der Waals surface area contributed by atoms with Gasteiger partial charge in [-0.25, -0.2) is 4.79 Å². The SMILES string of the molecule is NCC(=O)NC(CCC(=O)O)C(=O)NC(CC(N)=O)C(=O)N1CCCC1C(=O)O. The maximum absolute atomic E-state index is 12.7. The fourth-order valence-corrected chi connectivity index (χ4v) is 2.95. The lowest BCUT2D eigenvalue weighted by atomic mass is 10.1. The van der Waals surface area contributed by atoms with E-state index < -0.39 is 73.1 Å². The monoisotopic (exact) mass is 415 g/mol. The number of nitrogens with two attached hydrogens (primary N) is 2. The molecule has 1 rings (SSSR count). The summed E-state index contributed by atoms with van der Waals surface area (Å²) < 4.78 is 0. The van der Waals surface area contributed by atoms with Gasteiger partial charge in [-0.05, 0) is 19.3 Å². The third kappa shape index (κ3) is 7.37. The van der Waals surface area contributed by atoms with E-state index in [0.29, 0.717) is 6.42 Å². The van der Waals surface area contributed by atoms with E-state index in [4.69, 9.17) is 16.6 Å². The zero-order chi connectivity index (χ0) is 22.1. The highest BCUT2D eigenvalue weighted by Crippen LogP contribution is 2.19. The number of hydrogen-bond donors (Lipinski definition) is 6. The second-order valence-corrected chi connectivity index (χ2v) is 6.52. The lowest BCUT2D eigenvalue weighted by Gasteiger charge is -2.28. The molecular weight excluding hydrogens is 390 g/mol. The summed E-state index contributed by atoms with van der Waals surface area (Å²) in [6.45, 7) is -0.318. The normalized spacial score (nSPS) is 17.8. The van der Waals surface area contributed by atoms with Crippen molar-refractivity contribution in [2.75, 3.05) is 13.1 Å². The summed E-state index contributed by atoms with van der Waals surface area (Å²) in [5.74, 6) is -5.78. The molecule has 0 radical (unpaired) electrons. The van der Waals surface area contributed by atoms with Crippen LogP contribution in [-0.4, -0.2) is 81.9 Å². The van der Waals surface area contributed by atoms with Gasteiger partial charge in [-0.15, -0.1) is 0 Å². The highest BCUT2D eigenvalue weighted by molar-refractivity contribution is 5.96. The molecule has 0 bridgehead atoms. The number of carboxylic acids is 2. The molecule has 8 N–H and O–H groups in total. The molecule has 1 saturated heterocycles. The first-order valence-corrected chi connectivity index (χ1v) is 8.90. The first kappa shape index (κ1) is 23.8. The van der Waals surface area contributed by atoms with Crippen LogP contribution in [0.1, 0.15) is 32.1 Å². The minimum atomic E-state index is -1.46. The van der Waals surface area contributed by atoms with Crippen molar-refractivity contribution in [3.63, 3.8) is 0 Å². The highest BCUT2D eigenvalue weighted by Gasteiger charge is 2.38. The molecule has 1 fully saturated rings. The van der Waals surface area contributed by atoms with Crippen molar-refractivity contribution >= 4 is 35.6 Å². The molecule has 3 atom stereocenters. The molecule has 1 heterocycles. The number of carboxylic acid groups (broad SMARTS) is 2. The third-order valence-corrected chi connectivity index (χ3v) is 4.32. The van der Waals surface area contributed by atoms with Crippen LogP contribution in [0.5, 0.6) is 0 Å². The quantitative estimate of drug-likeness (QED) is 0.199. The fourth-order valence-electron chi connectivity index (χ4n) is 2.95. The first-order chi connectivity index (χ1) is 13.6. The number of aliphatic carboxylic acids is 2. The number of nitrogens with zero attached hydrogens (tertiary/aromatic N) is 1. The average Bonchev–Trinajstić information content (AvgIpc) is 3.13. The van der Waals surface area contributed by atoms with Crippen LogP contribution in [0.2, 0.25) is 0 Å². The smallest absolute Gasteiger partial charge is 0.326 e. The van der Waals surface area contributed by atoms with Gasteiger partial charge >= 0.3 is 11.9 Å². The van der Waals surface area contributed by atoms with Gasteiger partial charge in [0.25, 0.3) is 0 Å². The summed E-state index contributed by atoms with van der Waals surface area (Å²) in [6, 6.07) is -3.87. The molecule has 1 aliphatic heterocycles. The van der Waals surface area contributed by atoms with E-state index in [0.717, 1.165) is 4.90 Å². The first-order valence-electron chi connectivity index (χ1n) is 8.90. The number of carbonyl (C=O) groups excluding carboxylic acids is 4. The van der Waals surface area contributed by atoms with Gasteiger partial charge in [-0.1, -0.05) is 0 Å². The van der Waals surface area contributed by atoms with Crippen molar-refractivity contribution in [1.29, 1.82) is 0 Å². The van der Waals surface area contributed by atoms with Crippen molar-refractivity contribution in [2.45, 2.75) is 50.2 Å². The Morgan fingerprint density at radius 1 is 1.07 bits per heavy atom. The Morgan fingerprint density at radius 2 is 1.72 bits per heavy atom. The summed E-state index contributed by atoms with van der Waals surface area (Å²) in [5.41, 5.74) is 10.3. The fraction of sp³-hybridized carbons (Fsp3) is 0.625. The van der Waals surface area contributed by atoms with Crippen LogP contribution < -0.4 is 22.1 Å². The summed E-state index contributed by atoms with van der Waals surface area (Å²) >= 11 is 0. The van der Waals surface area contributed by atoms with Crippen LogP contribution in [0.4, 0.5) is 0 Å². The van der Waals surface area contributed by atoms with Gasteiger partial charge < -0.3 is 37.2 Å². The van der Waals surface area contributed by atoms with Crippen molar-refractivity contribution in [1.82, 2.24) is 15.5 Å². The number of nitrogens with one attached hydrogen (secondary N) is 2. The van der Waals surface area contributed by atoms with Crippen molar-refractivity contribution in [3.8, 4) is 0 Å². The van der Waals surface area contributed by atoms with Crippen molar-refractivity contribution < 1.29 is 39.0 Å². The second kappa shape index (κ2) is 10.9. The minimum absolute atomic E-state index is 0.132. The topological polar surface area (TPSA) is 222 Å². The maximum atomic E-state index is 12.7. The largest absolute Gasteiger partial charge is 0.481 e. The van der Waals surface area contributed by atoms with Crippen LogP contribution in [0.15, 0.2) is 0 Å². The summed E-state index contributed by atoms with van der Waals surface area (Å²) in [7, 11) is 0. The number of hydrogen-bond acceptors (Lipinski definition) is 7. The lowest BCUT2D eigenvalue weighted by molar-refractivity contribution is -0.149. The molecule has 3 unspecified atom stereocenters. The Balaban J connectivity index is 2.97. The van der Waals surface area contributed by atoms with Crippen LogP contribution in [0.3, 0.4) is 0 Å². The molecule has 13 nitrogen and oxygen atoms in total. The van der Waals surface area contributed by atoms with Gasteiger partial charge in [0.05, 0.1) is 13.0 Å². The Morgan fingerprint density at radius 3 is 2.24 bits per heavy atom. The molecule has 0 saturated carbocycles. The molecule has 13 heteroatoms. The van der Waals surface area contributed by atoms with Gasteiger partial charge in [0, 0.05) is 13.0 Å². The van der Waals surface area contributed by atoms with Crippen LogP contribution in [0.25, 0.3) is 0 Å². The summed E-state index contributed by atoms with van der Waals surface area (Å²) in [4.78, 5) is 71.3. The molecule has 0 aromatic heterocycles. The minimum Gasteiger partial charge on any atom is -0.481 e. The molecule has 0 aliphatic carbocycles. The van der Waals surface area contributed by atoms with Crippen molar-refractivity contribution in [2.24, 2.45) is 11.5 Å². The molecular formula is C16H25N5O8. The van der Waals surface area contributed by atoms with Gasteiger partial charge in [0.2, 0.25) is 23.6 Å². The Labute approximate surface area is 165 Å². The molecule has 29 heavy (non-hydrogen) atoms. The zero-order valence-electron chi connectivity index (χ0n) is 15.6. The number of amides is 4. The summed E-state index contributed by atoms with van der Waals surface area (Å²) in [6.07, 6.45) is -0.666. The van der Waals surface area contributed by atoms with E-state index >= 15 is 0 Å². The standard InChI is InChI=1S/C16H25N5O8/c17-7-12(23)19-8(3-4-13(24)25)14(26)20-9(6-11(18)22)15(27)21-5-1-2-10(21)16(28)29/h8-10H,1-7,17H2,(H2,18,22)(H,19,23)(H,20,26)(H,24,25)(H,28,29). The van der Waals surface area contributed by atoms with Crippen molar-refractivity contribution in [3.05, 3.63) is 0 Å². The van der Waals surface area contributed by atoms with Crippen LogP contribution in [0, 0.1) is 0 Å². The van der Waals surface area contributed by atoms with Gasteiger partial charge in [0.15, 0.2) is 0 Å². The van der Waals surface area contributed by atoms with Gasteiger partial charge in [-0.3, -0.25) is 24.0 Å². The number of likely N-dealkylation sites (tertiary alicyclic amines) is 1. The van der Waals surface area contributed by atoms with E-state index in [9.17, 15) is 33.9 Å². The molecule has 162 valence electrons. The predicted octanol–water partition coefficient (Wildman–Crippen LogP) is -3.27. The van der Waals surface area contributed by atoms with Gasteiger partial charge in [0.1, 0.15) is 18.1 Å². The van der Waals surface area contributed by atoms with E-state index in [1.165, 1.54) is 0 Å². The number of carbonyl (C=O) groups is 6. The zero-order valence-corrected chi connectivity index (χ0v) is 15.6. The van der Waals surface area contributed by atoms with E-state index in [2.05, 4.69) is 10.6 Å². The Kier molecular flexibility index (Phi) is 8.99. The molecule has 0 spiro atoms. The molecule has 4 amide bonds. The highest BCUT2D eigenvalue weighted by atomic mass is 16.4. The lowest BCUT2D eigenvalue weighted by Crippen LogP contribution is -2.57.